The van der Waals surface area contributed by atoms with Gasteiger partial charge < -0.3 is 16.0 Å². The first-order chi connectivity index (χ1) is 9.81. The third kappa shape index (κ3) is 3.73. The molecule has 0 bridgehead atoms. The summed E-state index contributed by atoms with van der Waals surface area (Å²) in [5.74, 6) is 1.12. The zero-order valence-corrected chi connectivity index (χ0v) is 11.8. The van der Waals surface area contributed by atoms with Crippen LogP contribution in [-0.4, -0.2) is 25.5 Å². The fraction of sp³-hybridized carbons (Fsp3) is 0.562. The Morgan fingerprint density at radius 2 is 2.10 bits per heavy atom. The molecule has 1 aliphatic heterocycles. The predicted octanol–water partition coefficient (Wildman–Crippen LogP) is 2.45. The molecule has 2 aliphatic rings. The van der Waals surface area contributed by atoms with Gasteiger partial charge in [0.2, 0.25) is 5.91 Å². The highest BCUT2D eigenvalue weighted by Gasteiger charge is 2.29. The number of rotatable bonds is 5. The highest BCUT2D eigenvalue weighted by atomic mass is 16.2. The van der Waals surface area contributed by atoms with Crippen molar-refractivity contribution in [3.8, 4) is 0 Å². The van der Waals surface area contributed by atoms with E-state index in [-0.39, 0.29) is 11.8 Å². The number of carbonyl (C=O) groups is 1. The van der Waals surface area contributed by atoms with Crippen LogP contribution in [0.5, 0.6) is 0 Å². The molecule has 0 aromatic heterocycles. The summed E-state index contributed by atoms with van der Waals surface area (Å²) in [7, 11) is 0. The molecule has 1 atom stereocenters. The van der Waals surface area contributed by atoms with Gasteiger partial charge in [-0.25, -0.2) is 0 Å². The molecule has 0 radical (unpaired) electrons. The van der Waals surface area contributed by atoms with Crippen molar-refractivity contribution in [2.75, 3.05) is 30.3 Å². The van der Waals surface area contributed by atoms with Crippen molar-refractivity contribution in [2.45, 2.75) is 25.7 Å². The van der Waals surface area contributed by atoms with E-state index in [0.29, 0.717) is 5.92 Å². The number of piperidine rings is 1. The zero-order valence-electron chi connectivity index (χ0n) is 11.8. The maximum absolute atomic E-state index is 11.8. The Balaban J connectivity index is 1.52. The Hall–Kier alpha value is -1.55. The molecule has 2 fully saturated rings. The number of hydrogen-bond donors (Lipinski definition) is 3. The van der Waals surface area contributed by atoms with E-state index in [9.17, 15) is 4.79 Å². The molecule has 1 saturated carbocycles. The van der Waals surface area contributed by atoms with Gasteiger partial charge in [-0.2, -0.15) is 0 Å². The second kappa shape index (κ2) is 6.27. The van der Waals surface area contributed by atoms with E-state index >= 15 is 0 Å². The molecule has 108 valence electrons. The normalized spacial score (nSPS) is 22.3. The second-order valence-electron chi connectivity index (χ2n) is 5.94. The van der Waals surface area contributed by atoms with E-state index in [0.717, 1.165) is 43.9 Å². The lowest BCUT2D eigenvalue weighted by molar-refractivity contribution is -0.117. The largest absolute Gasteiger partial charge is 0.385 e. The second-order valence-corrected chi connectivity index (χ2v) is 5.94. The number of benzene rings is 1. The highest BCUT2D eigenvalue weighted by Crippen LogP contribution is 2.30. The van der Waals surface area contributed by atoms with E-state index in [1.165, 1.54) is 12.8 Å². The molecule has 1 unspecified atom stereocenters. The van der Waals surface area contributed by atoms with Crippen molar-refractivity contribution in [2.24, 2.45) is 11.8 Å². The van der Waals surface area contributed by atoms with Crippen LogP contribution in [0.2, 0.25) is 0 Å². The maximum atomic E-state index is 11.8. The zero-order chi connectivity index (χ0) is 13.8. The Morgan fingerprint density at radius 3 is 2.85 bits per heavy atom. The summed E-state index contributed by atoms with van der Waals surface area (Å²) in [5.41, 5.74) is 1.98. The Labute approximate surface area is 120 Å². The predicted molar refractivity (Wildman–Crippen MR) is 81.9 cm³/mol. The number of carbonyl (C=O) groups excluding carboxylic acids is 1. The van der Waals surface area contributed by atoms with Gasteiger partial charge in [0.1, 0.15) is 0 Å². The first kappa shape index (κ1) is 13.4. The molecule has 1 aromatic rings. The van der Waals surface area contributed by atoms with E-state index in [1.807, 2.05) is 18.2 Å². The Kier molecular flexibility index (Phi) is 4.21. The molecular formula is C16H23N3O. The van der Waals surface area contributed by atoms with Gasteiger partial charge in [0.25, 0.3) is 0 Å². The molecule has 20 heavy (non-hydrogen) atoms. The van der Waals surface area contributed by atoms with Crippen LogP contribution in [0.4, 0.5) is 11.4 Å². The Morgan fingerprint density at radius 1 is 1.25 bits per heavy atom. The van der Waals surface area contributed by atoms with Crippen LogP contribution < -0.4 is 16.0 Å². The Bertz CT molecular complexity index is 465. The SMILES string of the molecule is O=C(Nc1cccc(NCC2CCCNC2)c1)C1CC1. The third-order valence-electron chi connectivity index (χ3n) is 4.07. The third-order valence-corrected chi connectivity index (χ3v) is 4.07. The van der Waals surface area contributed by atoms with Gasteiger partial charge in [-0.1, -0.05) is 6.07 Å². The first-order valence-electron chi connectivity index (χ1n) is 7.67. The van der Waals surface area contributed by atoms with E-state index in [1.54, 1.807) is 0 Å². The summed E-state index contributed by atoms with van der Waals surface area (Å²) in [5, 5.41) is 9.90. The van der Waals surface area contributed by atoms with Gasteiger partial charge in [-0.05, 0) is 62.9 Å². The molecular weight excluding hydrogens is 250 g/mol. The standard InChI is InChI=1S/C16H23N3O/c20-16(13-6-7-13)19-15-5-1-4-14(9-15)18-11-12-3-2-8-17-10-12/h1,4-5,9,12-13,17-18H,2-3,6-8,10-11H2,(H,19,20). The van der Waals surface area contributed by atoms with Crippen molar-refractivity contribution < 1.29 is 4.79 Å². The summed E-state index contributed by atoms with van der Waals surface area (Å²) >= 11 is 0. The van der Waals surface area contributed by atoms with E-state index < -0.39 is 0 Å². The molecule has 1 saturated heterocycles. The van der Waals surface area contributed by atoms with E-state index in [2.05, 4.69) is 22.0 Å². The van der Waals surface area contributed by atoms with Crippen molar-refractivity contribution in [1.29, 1.82) is 0 Å². The molecule has 4 heteroatoms. The summed E-state index contributed by atoms with van der Waals surface area (Å²) < 4.78 is 0. The average Bonchev–Trinajstić information content (AvgIpc) is 3.31. The molecule has 1 amide bonds. The lowest BCUT2D eigenvalue weighted by Crippen LogP contribution is -2.33. The van der Waals surface area contributed by atoms with Gasteiger partial charge in [0, 0.05) is 23.8 Å². The fourth-order valence-corrected chi connectivity index (χ4v) is 2.66. The van der Waals surface area contributed by atoms with Gasteiger partial charge >= 0.3 is 0 Å². The molecule has 1 heterocycles. The minimum atomic E-state index is 0.165. The average molecular weight is 273 g/mol. The van der Waals surface area contributed by atoms with Crippen LogP contribution in [-0.2, 0) is 4.79 Å². The lowest BCUT2D eigenvalue weighted by Gasteiger charge is -2.23. The topological polar surface area (TPSA) is 53.2 Å². The maximum Gasteiger partial charge on any atom is 0.227 e. The lowest BCUT2D eigenvalue weighted by atomic mass is 10.00. The number of amides is 1. The summed E-state index contributed by atoms with van der Waals surface area (Å²) in [4.78, 5) is 11.8. The van der Waals surface area contributed by atoms with Crippen LogP contribution in [0.25, 0.3) is 0 Å². The van der Waals surface area contributed by atoms with Gasteiger partial charge in [0.05, 0.1) is 0 Å². The molecule has 4 nitrogen and oxygen atoms in total. The van der Waals surface area contributed by atoms with Crippen molar-refractivity contribution in [3.63, 3.8) is 0 Å². The minimum absolute atomic E-state index is 0.165. The first-order valence-corrected chi connectivity index (χ1v) is 7.67. The van der Waals surface area contributed by atoms with Gasteiger partial charge in [0.15, 0.2) is 0 Å². The van der Waals surface area contributed by atoms with Crippen LogP contribution in [0.15, 0.2) is 24.3 Å². The number of anilines is 2. The quantitative estimate of drug-likeness (QED) is 0.772. The summed E-state index contributed by atoms with van der Waals surface area (Å²) in [6.45, 7) is 3.25. The monoisotopic (exact) mass is 273 g/mol. The summed E-state index contributed by atoms with van der Waals surface area (Å²) in [6.07, 6.45) is 4.64. The van der Waals surface area contributed by atoms with Crippen molar-refractivity contribution in [3.05, 3.63) is 24.3 Å². The highest BCUT2D eigenvalue weighted by molar-refractivity contribution is 5.94. The van der Waals surface area contributed by atoms with Crippen LogP contribution in [0.3, 0.4) is 0 Å². The molecule has 1 aromatic carbocycles. The molecule has 1 aliphatic carbocycles. The van der Waals surface area contributed by atoms with Crippen LogP contribution >= 0.6 is 0 Å². The minimum Gasteiger partial charge on any atom is -0.385 e. The van der Waals surface area contributed by atoms with Gasteiger partial charge in [-0.3, -0.25) is 4.79 Å². The molecule has 0 spiro atoms. The van der Waals surface area contributed by atoms with Crippen molar-refractivity contribution in [1.82, 2.24) is 5.32 Å². The number of hydrogen-bond acceptors (Lipinski definition) is 3. The number of nitrogens with one attached hydrogen (secondary N) is 3. The smallest absolute Gasteiger partial charge is 0.227 e. The molecule has 3 N–H and O–H groups in total. The van der Waals surface area contributed by atoms with Crippen LogP contribution in [0, 0.1) is 11.8 Å². The van der Waals surface area contributed by atoms with E-state index in [4.69, 9.17) is 0 Å². The van der Waals surface area contributed by atoms with Crippen molar-refractivity contribution >= 4 is 17.3 Å². The van der Waals surface area contributed by atoms with Gasteiger partial charge in [-0.15, -0.1) is 0 Å². The fourth-order valence-electron chi connectivity index (χ4n) is 2.66. The van der Waals surface area contributed by atoms with Crippen LogP contribution in [0.1, 0.15) is 25.7 Å². The molecule has 3 rings (SSSR count). The summed E-state index contributed by atoms with van der Waals surface area (Å²) in [6, 6.07) is 8.02.